The lowest BCUT2D eigenvalue weighted by Gasteiger charge is -2.03. The van der Waals surface area contributed by atoms with Crippen molar-refractivity contribution in [3.05, 3.63) is 0 Å². The van der Waals surface area contributed by atoms with E-state index in [1.54, 1.807) is 7.11 Å². The number of methoxy groups -OCH3 is 1. The molecule has 0 radical (unpaired) electrons. The summed E-state index contributed by atoms with van der Waals surface area (Å²) in [6.45, 7) is 3.14. The van der Waals surface area contributed by atoms with E-state index >= 15 is 0 Å². The van der Waals surface area contributed by atoms with Crippen LogP contribution in [-0.2, 0) is 4.74 Å². The van der Waals surface area contributed by atoms with E-state index in [0.29, 0.717) is 0 Å². The summed E-state index contributed by atoms with van der Waals surface area (Å²) in [5, 5.41) is 3.40. The van der Waals surface area contributed by atoms with Gasteiger partial charge in [-0.1, -0.05) is 29.0 Å². The summed E-state index contributed by atoms with van der Waals surface area (Å²) in [6.07, 6.45) is 5.17. The number of unbranched alkanes of at least 4 members (excludes halogenated alkanes) is 2. The smallest absolute Gasteiger partial charge is 0.0474 e. The molecule has 74 valence electrons. The van der Waals surface area contributed by atoms with Gasteiger partial charge < -0.3 is 10.1 Å². The standard InChI is InChI=1S/C9H20INO/c1-12-9-5-8-11-7-4-2-3-6-10/h11H,2-9H2,1H3. The highest BCUT2D eigenvalue weighted by Gasteiger charge is 1.88. The molecule has 0 saturated carbocycles. The number of rotatable bonds is 9. The van der Waals surface area contributed by atoms with Crippen LogP contribution in [0.1, 0.15) is 25.7 Å². The number of hydrogen-bond acceptors (Lipinski definition) is 2. The highest BCUT2D eigenvalue weighted by Crippen LogP contribution is 1.97. The maximum atomic E-state index is 4.95. The van der Waals surface area contributed by atoms with Gasteiger partial charge in [0.15, 0.2) is 0 Å². The largest absolute Gasteiger partial charge is 0.385 e. The number of hydrogen-bond donors (Lipinski definition) is 1. The second-order valence-corrected chi connectivity index (χ2v) is 3.92. The molecule has 0 aromatic carbocycles. The van der Waals surface area contributed by atoms with Gasteiger partial charge in [-0.05, 0) is 36.8 Å². The van der Waals surface area contributed by atoms with Crippen LogP contribution in [0.5, 0.6) is 0 Å². The average Bonchev–Trinajstić information content (AvgIpc) is 2.10. The Bertz CT molecular complexity index is 70.9. The molecular formula is C9H20INO. The minimum atomic E-state index is 0.876. The summed E-state index contributed by atoms with van der Waals surface area (Å²) in [5.41, 5.74) is 0. The van der Waals surface area contributed by atoms with E-state index in [2.05, 4.69) is 27.9 Å². The van der Waals surface area contributed by atoms with Crippen LogP contribution >= 0.6 is 22.6 Å². The van der Waals surface area contributed by atoms with Gasteiger partial charge in [0.25, 0.3) is 0 Å². The fourth-order valence-electron chi connectivity index (χ4n) is 0.988. The fraction of sp³-hybridized carbons (Fsp3) is 1.00. The number of halogens is 1. The molecule has 0 atom stereocenters. The summed E-state index contributed by atoms with van der Waals surface area (Å²) in [7, 11) is 1.75. The molecule has 0 aromatic rings. The summed E-state index contributed by atoms with van der Waals surface area (Å²) >= 11 is 2.43. The van der Waals surface area contributed by atoms with Gasteiger partial charge in [-0.15, -0.1) is 0 Å². The van der Waals surface area contributed by atoms with Gasteiger partial charge in [0, 0.05) is 13.7 Å². The number of nitrogens with one attached hydrogen (secondary N) is 1. The zero-order chi connectivity index (χ0) is 9.07. The predicted molar refractivity (Wildman–Crippen MR) is 62.1 cm³/mol. The highest BCUT2D eigenvalue weighted by molar-refractivity contribution is 14.1. The second kappa shape index (κ2) is 11.6. The van der Waals surface area contributed by atoms with Gasteiger partial charge in [0.1, 0.15) is 0 Å². The van der Waals surface area contributed by atoms with Crippen molar-refractivity contribution < 1.29 is 4.74 Å². The number of alkyl halides is 1. The van der Waals surface area contributed by atoms with E-state index in [9.17, 15) is 0 Å². The van der Waals surface area contributed by atoms with Crippen molar-refractivity contribution in [2.45, 2.75) is 25.7 Å². The van der Waals surface area contributed by atoms with Crippen LogP contribution < -0.4 is 5.32 Å². The first kappa shape index (κ1) is 12.7. The van der Waals surface area contributed by atoms with Gasteiger partial charge in [0.2, 0.25) is 0 Å². The molecule has 1 N–H and O–H groups in total. The van der Waals surface area contributed by atoms with E-state index < -0.39 is 0 Å². The molecule has 0 aliphatic heterocycles. The Hall–Kier alpha value is 0.650. The van der Waals surface area contributed by atoms with Gasteiger partial charge in [-0.2, -0.15) is 0 Å². The molecule has 0 amide bonds. The lowest BCUT2D eigenvalue weighted by molar-refractivity contribution is 0.194. The fourth-order valence-corrected chi connectivity index (χ4v) is 1.53. The van der Waals surface area contributed by atoms with Crippen molar-refractivity contribution in [2.75, 3.05) is 31.2 Å². The summed E-state index contributed by atoms with van der Waals surface area (Å²) < 4.78 is 6.24. The van der Waals surface area contributed by atoms with Crippen LogP contribution in [0.2, 0.25) is 0 Å². The lowest BCUT2D eigenvalue weighted by atomic mass is 10.2. The molecule has 0 spiro atoms. The van der Waals surface area contributed by atoms with Crippen LogP contribution in [-0.4, -0.2) is 31.2 Å². The molecule has 0 aliphatic rings. The molecule has 3 heteroatoms. The normalized spacial score (nSPS) is 10.5. The first-order valence-electron chi connectivity index (χ1n) is 4.67. The quantitative estimate of drug-likeness (QED) is 0.398. The Balaban J connectivity index is 2.73. The number of ether oxygens (including phenoxy) is 1. The molecule has 2 nitrogen and oxygen atoms in total. The summed E-state index contributed by atoms with van der Waals surface area (Å²) in [6, 6.07) is 0. The third kappa shape index (κ3) is 10.7. The Morgan fingerprint density at radius 1 is 1.08 bits per heavy atom. The minimum Gasteiger partial charge on any atom is -0.385 e. The molecule has 0 rings (SSSR count). The second-order valence-electron chi connectivity index (χ2n) is 2.85. The maximum absolute atomic E-state index is 4.95. The molecular weight excluding hydrogens is 265 g/mol. The molecule has 0 fully saturated rings. The third-order valence-electron chi connectivity index (χ3n) is 1.69. The van der Waals surface area contributed by atoms with Crippen LogP contribution in [0.15, 0.2) is 0 Å². The van der Waals surface area contributed by atoms with Crippen molar-refractivity contribution in [1.29, 1.82) is 0 Å². The summed E-state index contributed by atoms with van der Waals surface area (Å²) in [5.74, 6) is 0. The first-order chi connectivity index (χ1) is 5.91. The molecule has 0 bridgehead atoms. The molecule has 0 heterocycles. The molecule has 0 unspecified atom stereocenters. The molecule has 0 saturated heterocycles. The lowest BCUT2D eigenvalue weighted by Crippen LogP contribution is -2.17. The van der Waals surface area contributed by atoms with Crippen molar-refractivity contribution in [3.8, 4) is 0 Å². The van der Waals surface area contributed by atoms with Crippen LogP contribution in [0.25, 0.3) is 0 Å². The first-order valence-corrected chi connectivity index (χ1v) is 6.20. The van der Waals surface area contributed by atoms with E-state index in [1.807, 2.05) is 0 Å². The topological polar surface area (TPSA) is 21.3 Å². The van der Waals surface area contributed by atoms with Gasteiger partial charge >= 0.3 is 0 Å². The van der Waals surface area contributed by atoms with E-state index in [1.165, 1.54) is 30.2 Å². The Morgan fingerprint density at radius 3 is 2.50 bits per heavy atom. The van der Waals surface area contributed by atoms with Crippen molar-refractivity contribution in [1.82, 2.24) is 5.32 Å². The zero-order valence-corrected chi connectivity index (χ0v) is 10.1. The van der Waals surface area contributed by atoms with Crippen LogP contribution in [0, 0.1) is 0 Å². The average molecular weight is 285 g/mol. The van der Waals surface area contributed by atoms with E-state index in [-0.39, 0.29) is 0 Å². The minimum absolute atomic E-state index is 0.876. The Labute approximate surface area is 89.6 Å². The SMILES string of the molecule is COCCCNCCCCCI. The van der Waals surface area contributed by atoms with E-state index in [0.717, 1.165) is 19.6 Å². The van der Waals surface area contributed by atoms with Gasteiger partial charge in [-0.25, -0.2) is 0 Å². The molecule has 0 aliphatic carbocycles. The molecule has 0 aromatic heterocycles. The Morgan fingerprint density at radius 2 is 1.83 bits per heavy atom. The van der Waals surface area contributed by atoms with Crippen molar-refractivity contribution in [3.63, 3.8) is 0 Å². The van der Waals surface area contributed by atoms with Gasteiger partial charge in [0.05, 0.1) is 0 Å². The molecule has 12 heavy (non-hydrogen) atoms. The zero-order valence-electron chi connectivity index (χ0n) is 7.94. The van der Waals surface area contributed by atoms with E-state index in [4.69, 9.17) is 4.74 Å². The third-order valence-corrected chi connectivity index (χ3v) is 2.45. The van der Waals surface area contributed by atoms with Gasteiger partial charge in [-0.3, -0.25) is 0 Å². The Kier molecular flexibility index (Phi) is 12.3. The monoisotopic (exact) mass is 285 g/mol. The van der Waals surface area contributed by atoms with Crippen LogP contribution in [0.4, 0.5) is 0 Å². The summed E-state index contributed by atoms with van der Waals surface area (Å²) in [4.78, 5) is 0. The van der Waals surface area contributed by atoms with Crippen molar-refractivity contribution in [2.24, 2.45) is 0 Å². The highest BCUT2D eigenvalue weighted by atomic mass is 127. The van der Waals surface area contributed by atoms with Crippen molar-refractivity contribution >= 4 is 22.6 Å². The maximum Gasteiger partial charge on any atom is 0.0474 e. The van der Waals surface area contributed by atoms with Crippen LogP contribution in [0.3, 0.4) is 0 Å². The predicted octanol–water partition coefficient (Wildman–Crippen LogP) is 2.22.